The van der Waals surface area contributed by atoms with E-state index in [0.717, 1.165) is 49.5 Å². The minimum absolute atomic E-state index is 0.0656. The summed E-state index contributed by atoms with van der Waals surface area (Å²) in [6.07, 6.45) is 1.62. The van der Waals surface area contributed by atoms with Crippen molar-refractivity contribution in [1.29, 1.82) is 0 Å². The second kappa shape index (κ2) is 11.4. The van der Waals surface area contributed by atoms with E-state index >= 15 is 0 Å². The van der Waals surface area contributed by atoms with E-state index in [0.29, 0.717) is 44.3 Å². The predicted molar refractivity (Wildman–Crippen MR) is 140 cm³/mol. The van der Waals surface area contributed by atoms with Gasteiger partial charge in [-0.05, 0) is 53.6 Å². The van der Waals surface area contributed by atoms with Crippen molar-refractivity contribution in [3.8, 4) is 0 Å². The second-order valence-corrected chi connectivity index (χ2v) is 10.3. The number of morpholine rings is 1. The molecule has 0 bridgehead atoms. The van der Waals surface area contributed by atoms with Crippen LogP contribution in [0, 0.1) is 6.92 Å². The average molecular weight is 519 g/mol. The summed E-state index contributed by atoms with van der Waals surface area (Å²) in [5.41, 5.74) is 5.72. The Morgan fingerprint density at radius 3 is 2.68 bits per heavy atom. The lowest BCUT2D eigenvalue weighted by atomic mass is 10.0. The zero-order valence-electron chi connectivity index (χ0n) is 21.8. The molecule has 2 fully saturated rings. The number of hydrogen-bond acceptors (Lipinski definition) is 6. The van der Waals surface area contributed by atoms with Gasteiger partial charge in [-0.1, -0.05) is 30.3 Å². The Hall–Kier alpha value is -3.56. The van der Waals surface area contributed by atoms with E-state index in [9.17, 15) is 19.2 Å². The van der Waals surface area contributed by atoms with Gasteiger partial charge in [0.2, 0.25) is 17.7 Å². The SMILES string of the molecule is Cc1ccc(CC(=O)NCc2ccc3c(c2)CN(C2CCCC(=O)NC2=O)C3=O)cc1CN1CCOCC1. The summed E-state index contributed by atoms with van der Waals surface area (Å²) >= 11 is 0. The third kappa shape index (κ3) is 5.95. The molecule has 2 N–H and O–H groups in total. The normalized spacial score (nSPS) is 20.2. The van der Waals surface area contributed by atoms with E-state index in [1.165, 1.54) is 11.1 Å². The Morgan fingerprint density at radius 2 is 1.87 bits per heavy atom. The number of carbonyl (C=O) groups is 4. The maximum absolute atomic E-state index is 13.0. The van der Waals surface area contributed by atoms with Gasteiger partial charge in [-0.2, -0.15) is 0 Å². The van der Waals surface area contributed by atoms with Crippen LogP contribution in [0.3, 0.4) is 0 Å². The highest BCUT2D eigenvalue weighted by Crippen LogP contribution is 2.28. The monoisotopic (exact) mass is 518 g/mol. The van der Waals surface area contributed by atoms with Gasteiger partial charge in [-0.15, -0.1) is 0 Å². The van der Waals surface area contributed by atoms with Gasteiger partial charge in [0.05, 0.1) is 19.6 Å². The van der Waals surface area contributed by atoms with Gasteiger partial charge in [-0.3, -0.25) is 29.4 Å². The van der Waals surface area contributed by atoms with Crippen LogP contribution >= 0.6 is 0 Å². The minimum atomic E-state index is -0.646. The molecule has 1 unspecified atom stereocenters. The Balaban J connectivity index is 1.17. The van der Waals surface area contributed by atoms with E-state index in [1.807, 2.05) is 18.2 Å². The van der Waals surface area contributed by atoms with Crippen LogP contribution in [0.4, 0.5) is 0 Å². The van der Waals surface area contributed by atoms with Crippen LogP contribution < -0.4 is 10.6 Å². The summed E-state index contributed by atoms with van der Waals surface area (Å²) in [6, 6.07) is 11.1. The molecule has 200 valence electrons. The minimum Gasteiger partial charge on any atom is -0.379 e. The van der Waals surface area contributed by atoms with Crippen molar-refractivity contribution in [2.24, 2.45) is 0 Å². The first kappa shape index (κ1) is 26.1. The Morgan fingerprint density at radius 1 is 1.08 bits per heavy atom. The topological polar surface area (TPSA) is 108 Å². The van der Waals surface area contributed by atoms with Crippen molar-refractivity contribution in [3.63, 3.8) is 0 Å². The number of carbonyl (C=O) groups excluding carboxylic acids is 4. The van der Waals surface area contributed by atoms with Gasteiger partial charge >= 0.3 is 0 Å². The van der Waals surface area contributed by atoms with Gasteiger partial charge in [0, 0.05) is 44.7 Å². The average Bonchev–Trinajstić information content (AvgIpc) is 3.12. The number of hydrogen-bond donors (Lipinski definition) is 2. The molecule has 38 heavy (non-hydrogen) atoms. The molecule has 1 atom stereocenters. The first-order valence-corrected chi connectivity index (χ1v) is 13.3. The third-order valence-corrected chi connectivity index (χ3v) is 7.59. The highest BCUT2D eigenvalue weighted by Gasteiger charge is 2.37. The molecular weight excluding hydrogens is 484 g/mol. The number of aryl methyl sites for hydroxylation is 1. The molecular formula is C29H34N4O5. The molecule has 3 aliphatic heterocycles. The van der Waals surface area contributed by atoms with Gasteiger partial charge < -0.3 is 15.0 Å². The number of rotatable bonds is 7. The first-order chi connectivity index (χ1) is 18.4. The van der Waals surface area contributed by atoms with Gasteiger partial charge in [0.15, 0.2) is 0 Å². The number of fused-ring (bicyclic) bond motifs is 1. The predicted octanol–water partition coefficient (Wildman–Crippen LogP) is 1.84. The number of ether oxygens (including phenoxy) is 1. The number of nitrogens with zero attached hydrogens (tertiary/aromatic N) is 2. The van der Waals surface area contributed by atoms with Gasteiger partial charge in [0.25, 0.3) is 5.91 Å². The fourth-order valence-electron chi connectivity index (χ4n) is 5.38. The van der Waals surface area contributed by atoms with E-state index < -0.39 is 11.9 Å². The third-order valence-electron chi connectivity index (χ3n) is 7.59. The lowest BCUT2D eigenvalue weighted by Gasteiger charge is -2.27. The van der Waals surface area contributed by atoms with Crippen LogP contribution in [0.25, 0.3) is 0 Å². The van der Waals surface area contributed by atoms with Crippen molar-refractivity contribution in [1.82, 2.24) is 20.4 Å². The lowest BCUT2D eigenvalue weighted by molar-refractivity contribution is -0.132. The Kier molecular flexibility index (Phi) is 7.85. The summed E-state index contributed by atoms with van der Waals surface area (Å²) in [4.78, 5) is 53.8. The molecule has 5 rings (SSSR count). The summed E-state index contributed by atoms with van der Waals surface area (Å²) in [7, 11) is 0. The molecule has 2 saturated heterocycles. The molecule has 0 aromatic heterocycles. The van der Waals surface area contributed by atoms with Crippen LogP contribution in [-0.4, -0.2) is 65.8 Å². The molecule has 0 radical (unpaired) electrons. The van der Waals surface area contributed by atoms with Crippen molar-refractivity contribution in [3.05, 3.63) is 69.8 Å². The fraction of sp³-hybridized carbons (Fsp3) is 0.448. The van der Waals surface area contributed by atoms with Crippen LogP contribution in [0.5, 0.6) is 0 Å². The van der Waals surface area contributed by atoms with Crippen molar-refractivity contribution < 1.29 is 23.9 Å². The van der Waals surface area contributed by atoms with Crippen LogP contribution in [0.15, 0.2) is 36.4 Å². The number of amides is 4. The van der Waals surface area contributed by atoms with Gasteiger partial charge in [-0.25, -0.2) is 0 Å². The molecule has 2 aromatic rings. The highest BCUT2D eigenvalue weighted by molar-refractivity contribution is 6.04. The maximum Gasteiger partial charge on any atom is 0.255 e. The molecule has 4 amide bonds. The molecule has 9 heteroatoms. The molecule has 2 aromatic carbocycles. The highest BCUT2D eigenvalue weighted by atomic mass is 16.5. The Bertz CT molecular complexity index is 1250. The number of imide groups is 1. The van der Waals surface area contributed by atoms with Crippen LogP contribution in [0.1, 0.15) is 57.4 Å². The van der Waals surface area contributed by atoms with Crippen molar-refractivity contribution in [2.75, 3.05) is 26.3 Å². The summed E-state index contributed by atoms with van der Waals surface area (Å²) < 4.78 is 5.44. The molecule has 9 nitrogen and oxygen atoms in total. The zero-order valence-corrected chi connectivity index (χ0v) is 21.8. The van der Waals surface area contributed by atoms with Crippen LogP contribution in [-0.2, 0) is 45.2 Å². The summed E-state index contributed by atoms with van der Waals surface area (Å²) in [5.74, 6) is -0.967. The smallest absolute Gasteiger partial charge is 0.255 e. The van der Waals surface area contributed by atoms with E-state index in [-0.39, 0.29) is 17.7 Å². The number of nitrogens with one attached hydrogen (secondary N) is 2. The number of benzene rings is 2. The first-order valence-electron chi connectivity index (χ1n) is 13.3. The van der Waals surface area contributed by atoms with Crippen molar-refractivity contribution >= 4 is 23.6 Å². The quantitative estimate of drug-likeness (QED) is 0.542. The molecule has 0 saturated carbocycles. The molecule has 0 aliphatic carbocycles. The maximum atomic E-state index is 13.0. The summed E-state index contributed by atoms with van der Waals surface area (Å²) in [5, 5.41) is 5.37. The van der Waals surface area contributed by atoms with Crippen LogP contribution in [0.2, 0.25) is 0 Å². The fourth-order valence-corrected chi connectivity index (χ4v) is 5.38. The summed E-state index contributed by atoms with van der Waals surface area (Å²) in [6.45, 7) is 6.97. The Labute approximate surface area is 222 Å². The van der Waals surface area contributed by atoms with Gasteiger partial charge in [0.1, 0.15) is 6.04 Å². The largest absolute Gasteiger partial charge is 0.379 e. The molecule has 3 heterocycles. The molecule has 3 aliphatic rings. The standard InChI is InChI=1S/C29H34N4O5/c1-19-5-6-20(13-22(19)17-32-9-11-38-12-10-32)15-27(35)30-16-21-7-8-24-23(14-21)18-33(29(24)37)25-3-2-4-26(34)31-28(25)36/h5-8,13-14,25H,2-4,9-12,15-18H2,1H3,(H,30,35)(H,31,34,36). The zero-order chi connectivity index (χ0) is 26.6. The van der Waals surface area contributed by atoms with Crippen molar-refractivity contribution in [2.45, 2.75) is 58.3 Å². The lowest BCUT2D eigenvalue weighted by Crippen LogP contribution is -2.46. The van der Waals surface area contributed by atoms with E-state index in [1.54, 1.807) is 11.0 Å². The van der Waals surface area contributed by atoms with E-state index in [2.05, 4.69) is 34.6 Å². The second-order valence-electron chi connectivity index (χ2n) is 10.3. The van der Waals surface area contributed by atoms with E-state index in [4.69, 9.17) is 4.74 Å². The molecule has 0 spiro atoms.